The van der Waals surface area contributed by atoms with E-state index in [9.17, 15) is 0 Å². The summed E-state index contributed by atoms with van der Waals surface area (Å²) >= 11 is 1.89. The zero-order valence-electron chi connectivity index (χ0n) is 7.55. The van der Waals surface area contributed by atoms with E-state index in [1.54, 1.807) is 0 Å². The van der Waals surface area contributed by atoms with E-state index in [0.717, 1.165) is 5.92 Å². The van der Waals surface area contributed by atoms with Crippen LogP contribution in [0.5, 0.6) is 0 Å². The number of rotatable bonds is 4. The predicted octanol–water partition coefficient (Wildman–Crippen LogP) is 1.37. The Hall–Kier alpha value is 0.270. The summed E-state index contributed by atoms with van der Waals surface area (Å²) in [4.78, 5) is 0. The second-order valence-corrected chi connectivity index (χ2v) is 5.25. The summed E-state index contributed by atoms with van der Waals surface area (Å²) in [5, 5.41) is 0. The molecule has 0 amide bonds. The van der Waals surface area contributed by atoms with Crippen LogP contribution < -0.4 is 11.3 Å². The molecule has 0 spiro atoms. The van der Waals surface area contributed by atoms with Gasteiger partial charge in [-0.15, -0.1) is 0 Å². The average molecular weight is 174 g/mol. The van der Waals surface area contributed by atoms with E-state index in [0.29, 0.717) is 6.04 Å². The van der Waals surface area contributed by atoms with Gasteiger partial charge in [-0.25, -0.2) is 0 Å². The zero-order chi connectivity index (χ0) is 8.48. The number of thioether (sulfide) groups is 1. The van der Waals surface area contributed by atoms with Gasteiger partial charge in [0.2, 0.25) is 0 Å². The molecule has 0 aromatic heterocycles. The van der Waals surface area contributed by atoms with E-state index in [1.807, 2.05) is 11.8 Å². The van der Waals surface area contributed by atoms with Gasteiger partial charge in [0.25, 0.3) is 0 Å². The molecule has 0 aliphatic heterocycles. The van der Waals surface area contributed by atoms with Crippen molar-refractivity contribution in [3.63, 3.8) is 0 Å². The molecule has 1 aliphatic rings. The Morgan fingerprint density at radius 2 is 2.09 bits per heavy atom. The van der Waals surface area contributed by atoms with Crippen molar-refractivity contribution >= 4 is 11.8 Å². The predicted molar refractivity (Wildman–Crippen MR) is 51.4 cm³/mol. The van der Waals surface area contributed by atoms with Crippen LogP contribution in [0, 0.1) is 5.92 Å². The van der Waals surface area contributed by atoms with Gasteiger partial charge in [0.05, 0.1) is 0 Å². The van der Waals surface area contributed by atoms with Gasteiger partial charge in [-0.05, 0) is 38.9 Å². The molecule has 1 atom stereocenters. The van der Waals surface area contributed by atoms with Crippen molar-refractivity contribution in [1.82, 2.24) is 5.43 Å². The van der Waals surface area contributed by atoms with Gasteiger partial charge in [-0.3, -0.25) is 11.3 Å². The quantitative estimate of drug-likeness (QED) is 0.499. The molecule has 66 valence electrons. The first kappa shape index (κ1) is 9.36. The number of nitrogens with one attached hydrogen (secondary N) is 1. The number of hydrazine groups is 1. The molecular weight excluding hydrogens is 156 g/mol. The summed E-state index contributed by atoms with van der Waals surface area (Å²) in [5.74, 6) is 6.33. The van der Waals surface area contributed by atoms with Crippen LogP contribution in [0.3, 0.4) is 0 Å². The van der Waals surface area contributed by atoms with Crippen LogP contribution >= 0.6 is 11.8 Å². The lowest BCUT2D eigenvalue weighted by Gasteiger charge is -2.32. The standard InChI is InChI=1S/C8H18N2S/c1-8(2,11-3)7(10-9)6-4-5-6/h6-7,10H,4-5,9H2,1-3H3. The van der Waals surface area contributed by atoms with Gasteiger partial charge in [-0.2, -0.15) is 11.8 Å². The van der Waals surface area contributed by atoms with Crippen LogP contribution in [0.4, 0.5) is 0 Å². The molecule has 0 bridgehead atoms. The Labute approximate surface area is 73.3 Å². The largest absolute Gasteiger partial charge is 0.271 e. The highest BCUT2D eigenvalue weighted by molar-refractivity contribution is 8.00. The maximum atomic E-state index is 5.51. The van der Waals surface area contributed by atoms with E-state index in [2.05, 4.69) is 25.5 Å². The van der Waals surface area contributed by atoms with Crippen molar-refractivity contribution in [2.75, 3.05) is 6.26 Å². The van der Waals surface area contributed by atoms with Crippen LogP contribution in [-0.2, 0) is 0 Å². The van der Waals surface area contributed by atoms with Crippen molar-refractivity contribution in [3.8, 4) is 0 Å². The minimum Gasteiger partial charge on any atom is -0.271 e. The molecule has 1 aliphatic carbocycles. The van der Waals surface area contributed by atoms with Gasteiger partial charge >= 0.3 is 0 Å². The van der Waals surface area contributed by atoms with Gasteiger partial charge < -0.3 is 0 Å². The minimum absolute atomic E-state index is 0.274. The molecule has 0 aromatic rings. The summed E-state index contributed by atoms with van der Waals surface area (Å²) in [6.07, 6.45) is 4.84. The molecule has 1 fully saturated rings. The van der Waals surface area contributed by atoms with Gasteiger partial charge in [0, 0.05) is 10.8 Å². The number of nitrogens with two attached hydrogens (primary N) is 1. The summed E-state index contributed by atoms with van der Waals surface area (Å²) in [6, 6.07) is 0.484. The fraction of sp³-hybridized carbons (Fsp3) is 1.00. The summed E-state index contributed by atoms with van der Waals surface area (Å²) < 4.78 is 0.274. The maximum Gasteiger partial charge on any atom is 0.0380 e. The molecule has 11 heavy (non-hydrogen) atoms. The van der Waals surface area contributed by atoms with E-state index in [1.165, 1.54) is 12.8 Å². The Morgan fingerprint density at radius 3 is 2.36 bits per heavy atom. The van der Waals surface area contributed by atoms with E-state index in [-0.39, 0.29) is 4.75 Å². The Balaban J connectivity index is 2.51. The van der Waals surface area contributed by atoms with Crippen LogP contribution in [0.2, 0.25) is 0 Å². The second-order valence-electron chi connectivity index (χ2n) is 3.79. The zero-order valence-corrected chi connectivity index (χ0v) is 8.37. The smallest absolute Gasteiger partial charge is 0.0380 e. The third-order valence-corrected chi connectivity index (χ3v) is 3.85. The molecule has 3 N–H and O–H groups in total. The van der Waals surface area contributed by atoms with Crippen molar-refractivity contribution in [2.45, 2.75) is 37.5 Å². The van der Waals surface area contributed by atoms with Crippen molar-refractivity contribution in [1.29, 1.82) is 0 Å². The van der Waals surface area contributed by atoms with Gasteiger partial charge in [0.15, 0.2) is 0 Å². The fourth-order valence-electron chi connectivity index (χ4n) is 1.46. The Kier molecular flexibility index (Phi) is 2.84. The Bertz CT molecular complexity index is 132. The topological polar surface area (TPSA) is 38.0 Å². The molecule has 3 heteroatoms. The van der Waals surface area contributed by atoms with E-state index in [4.69, 9.17) is 5.84 Å². The highest BCUT2D eigenvalue weighted by Gasteiger charge is 2.39. The molecule has 0 radical (unpaired) electrons. The molecule has 1 saturated carbocycles. The van der Waals surface area contributed by atoms with Crippen molar-refractivity contribution in [3.05, 3.63) is 0 Å². The molecular formula is C8H18N2S. The van der Waals surface area contributed by atoms with Crippen LogP contribution in [-0.4, -0.2) is 17.0 Å². The average Bonchev–Trinajstić information content (AvgIpc) is 2.73. The third-order valence-electron chi connectivity index (χ3n) is 2.55. The molecule has 0 heterocycles. The van der Waals surface area contributed by atoms with Crippen molar-refractivity contribution < 1.29 is 0 Å². The molecule has 0 saturated heterocycles. The second kappa shape index (κ2) is 3.33. The summed E-state index contributed by atoms with van der Waals surface area (Å²) in [6.45, 7) is 4.50. The first-order chi connectivity index (χ1) is 5.11. The van der Waals surface area contributed by atoms with Crippen LogP contribution in [0.15, 0.2) is 0 Å². The van der Waals surface area contributed by atoms with Crippen LogP contribution in [0.25, 0.3) is 0 Å². The number of hydrogen-bond donors (Lipinski definition) is 2. The van der Waals surface area contributed by atoms with Gasteiger partial charge in [-0.1, -0.05) is 0 Å². The Morgan fingerprint density at radius 1 is 1.55 bits per heavy atom. The van der Waals surface area contributed by atoms with Crippen molar-refractivity contribution in [2.24, 2.45) is 11.8 Å². The fourth-order valence-corrected chi connectivity index (χ4v) is 1.98. The summed E-state index contributed by atoms with van der Waals surface area (Å²) in [5.41, 5.74) is 2.93. The number of hydrogen-bond acceptors (Lipinski definition) is 3. The normalized spacial score (nSPS) is 21.8. The highest BCUT2D eigenvalue weighted by atomic mass is 32.2. The molecule has 1 unspecified atom stereocenters. The lowest BCUT2D eigenvalue weighted by molar-refractivity contribution is 0.398. The molecule has 2 nitrogen and oxygen atoms in total. The SMILES string of the molecule is CSC(C)(C)C(NN)C1CC1. The maximum absolute atomic E-state index is 5.51. The monoisotopic (exact) mass is 174 g/mol. The highest BCUT2D eigenvalue weighted by Crippen LogP contribution is 2.41. The van der Waals surface area contributed by atoms with E-state index < -0.39 is 0 Å². The first-order valence-corrected chi connectivity index (χ1v) is 5.35. The lowest BCUT2D eigenvalue weighted by atomic mass is 9.99. The molecule has 1 rings (SSSR count). The minimum atomic E-state index is 0.274. The van der Waals surface area contributed by atoms with E-state index >= 15 is 0 Å². The summed E-state index contributed by atoms with van der Waals surface area (Å²) in [7, 11) is 0. The lowest BCUT2D eigenvalue weighted by Crippen LogP contribution is -2.49. The third kappa shape index (κ3) is 2.10. The van der Waals surface area contributed by atoms with Crippen LogP contribution in [0.1, 0.15) is 26.7 Å². The first-order valence-electron chi connectivity index (χ1n) is 4.13. The van der Waals surface area contributed by atoms with Gasteiger partial charge in [0.1, 0.15) is 0 Å². The molecule has 0 aromatic carbocycles.